The highest BCUT2D eigenvalue weighted by atomic mass is 16.6. The van der Waals surface area contributed by atoms with Crippen molar-refractivity contribution >= 4 is 0 Å². The van der Waals surface area contributed by atoms with Gasteiger partial charge in [0.2, 0.25) is 0 Å². The van der Waals surface area contributed by atoms with Crippen molar-refractivity contribution in [1.82, 2.24) is 35.0 Å². The van der Waals surface area contributed by atoms with Gasteiger partial charge in [-0.2, -0.15) is 5.10 Å². The van der Waals surface area contributed by atoms with E-state index in [1.807, 2.05) is 15.4 Å². The molecule has 0 saturated heterocycles. The molecule has 4 heterocycles. The Labute approximate surface area is 132 Å². The molecule has 0 saturated carbocycles. The van der Waals surface area contributed by atoms with Crippen LogP contribution in [0.3, 0.4) is 0 Å². The van der Waals surface area contributed by atoms with Gasteiger partial charge in [0.15, 0.2) is 5.82 Å². The maximum absolute atomic E-state index is 5.57. The van der Waals surface area contributed by atoms with Crippen LogP contribution in [-0.4, -0.2) is 42.8 Å². The number of nitrogens with one attached hydrogen (secondary N) is 1. The summed E-state index contributed by atoms with van der Waals surface area (Å²) in [6.45, 7) is 5.56. The second-order valence-electron chi connectivity index (χ2n) is 5.37. The number of hydrogen-bond donors (Lipinski definition) is 1. The van der Waals surface area contributed by atoms with Crippen LogP contribution in [-0.2, 0) is 19.6 Å². The van der Waals surface area contributed by atoms with E-state index in [1.165, 1.54) is 5.69 Å². The third-order valence-corrected chi connectivity index (χ3v) is 3.80. The Kier molecular flexibility index (Phi) is 3.54. The Morgan fingerprint density at radius 2 is 2.35 bits per heavy atom. The maximum Gasteiger partial charge on any atom is 0.278 e. The van der Waals surface area contributed by atoms with Crippen molar-refractivity contribution in [2.45, 2.75) is 26.6 Å². The minimum Gasteiger partial charge on any atom is -0.472 e. The van der Waals surface area contributed by atoms with Crippen LogP contribution in [0.25, 0.3) is 11.5 Å². The first-order valence-electron chi connectivity index (χ1n) is 7.52. The van der Waals surface area contributed by atoms with Gasteiger partial charge < -0.3 is 14.6 Å². The Morgan fingerprint density at radius 1 is 1.39 bits per heavy atom. The van der Waals surface area contributed by atoms with E-state index in [4.69, 9.17) is 4.74 Å². The zero-order chi connectivity index (χ0) is 15.6. The topological polar surface area (TPSA) is 95.8 Å². The molecule has 120 valence electrons. The molecule has 9 nitrogen and oxygen atoms in total. The van der Waals surface area contributed by atoms with Crippen molar-refractivity contribution < 1.29 is 9.37 Å². The van der Waals surface area contributed by atoms with E-state index < -0.39 is 0 Å². The quantitative estimate of drug-likeness (QED) is 0.737. The standard InChI is InChI=1S/C14H17N7O2/c1-10-14(19-23-18-10)22-7-6-20-4-3-16-13(20)12-8-11-9-15-2-5-21(11)17-12/h3-4,8,15H,2,5-7,9H2,1H3. The Balaban J connectivity index is 1.47. The summed E-state index contributed by atoms with van der Waals surface area (Å²) in [5, 5.41) is 15.4. The molecule has 0 fully saturated rings. The summed E-state index contributed by atoms with van der Waals surface area (Å²) in [6.07, 6.45) is 3.69. The molecule has 1 N–H and O–H groups in total. The smallest absolute Gasteiger partial charge is 0.278 e. The van der Waals surface area contributed by atoms with E-state index >= 15 is 0 Å². The average molecular weight is 315 g/mol. The largest absolute Gasteiger partial charge is 0.472 e. The second kappa shape index (κ2) is 5.84. The molecule has 0 atom stereocenters. The Morgan fingerprint density at radius 3 is 3.17 bits per heavy atom. The maximum atomic E-state index is 5.57. The molecule has 0 aromatic carbocycles. The summed E-state index contributed by atoms with van der Waals surface area (Å²) in [7, 11) is 0. The third-order valence-electron chi connectivity index (χ3n) is 3.80. The summed E-state index contributed by atoms with van der Waals surface area (Å²) in [5.74, 6) is 1.26. The van der Waals surface area contributed by atoms with Crippen LogP contribution in [0, 0.1) is 6.92 Å². The lowest BCUT2D eigenvalue weighted by Gasteiger charge is -2.13. The number of nitrogens with zero attached hydrogens (tertiary/aromatic N) is 6. The second-order valence-corrected chi connectivity index (χ2v) is 5.37. The fraction of sp³-hybridized carbons (Fsp3) is 0.429. The lowest BCUT2D eigenvalue weighted by atomic mass is 10.3. The van der Waals surface area contributed by atoms with E-state index in [0.29, 0.717) is 24.7 Å². The van der Waals surface area contributed by atoms with Gasteiger partial charge in [-0.3, -0.25) is 4.68 Å². The Bertz CT molecular complexity index is 780. The lowest BCUT2D eigenvalue weighted by Crippen LogP contribution is -2.28. The number of aryl methyl sites for hydroxylation is 1. The molecule has 4 rings (SSSR count). The van der Waals surface area contributed by atoms with Crippen LogP contribution < -0.4 is 10.1 Å². The molecule has 1 aliphatic heterocycles. The molecule has 0 radical (unpaired) electrons. The minimum atomic E-state index is 0.426. The molecule has 1 aliphatic rings. The fourth-order valence-corrected chi connectivity index (χ4v) is 2.62. The van der Waals surface area contributed by atoms with E-state index in [0.717, 1.165) is 31.2 Å². The average Bonchev–Trinajstić information content (AvgIpc) is 3.26. The first-order chi connectivity index (χ1) is 11.3. The lowest BCUT2D eigenvalue weighted by molar-refractivity contribution is 0.248. The SMILES string of the molecule is Cc1nonc1OCCn1ccnc1-c1cc2n(n1)CCNC2. The molecule has 0 amide bonds. The van der Waals surface area contributed by atoms with Crippen molar-refractivity contribution in [2.24, 2.45) is 0 Å². The highest BCUT2D eigenvalue weighted by Gasteiger charge is 2.16. The molecule has 3 aromatic rings. The normalized spacial score (nSPS) is 14.0. The number of imidazole rings is 1. The molecule has 0 bridgehead atoms. The minimum absolute atomic E-state index is 0.426. The summed E-state index contributed by atoms with van der Waals surface area (Å²) < 4.78 is 14.2. The summed E-state index contributed by atoms with van der Waals surface area (Å²) >= 11 is 0. The molecule has 3 aromatic heterocycles. The third kappa shape index (κ3) is 2.70. The molecular formula is C14H17N7O2. The van der Waals surface area contributed by atoms with Gasteiger partial charge in [0, 0.05) is 25.5 Å². The van der Waals surface area contributed by atoms with Crippen LogP contribution in [0.15, 0.2) is 23.1 Å². The predicted molar refractivity (Wildman–Crippen MR) is 79.7 cm³/mol. The van der Waals surface area contributed by atoms with Gasteiger partial charge in [-0.1, -0.05) is 5.16 Å². The molecule has 9 heteroatoms. The van der Waals surface area contributed by atoms with Gasteiger partial charge in [0.05, 0.1) is 18.8 Å². The highest BCUT2D eigenvalue weighted by Crippen LogP contribution is 2.19. The number of hydrogen-bond acceptors (Lipinski definition) is 7. The van der Waals surface area contributed by atoms with E-state index in [2.05, 4.69) is 36.4 Å². The zero-order valence-corrected chi connectivity index (χ0v) is 12.8. The van der Waals surface area contributed by atoms with Crippen molar-refractivity contribution in [3.8, 4) is 17.4 Å². The van der Waals surface area contributed by atoms with Gasteiger partial charge in [0.25, 0.3) is 5.88 Å². The fourth-order valence-electron chi connectivity index (χ4n) is 2.62. The highest BCUT2D eigenvalue weighted by molar-refractivity contribution is 5.50. The van der Waals surface area contributed by atoms with E-state index in [1.54, 1.807) is 13.1 Å². The van der Waals surface area contributed by atoms with Crippen molar-refractivity contribution in [2.75, 3.05) is 13.2 Å². The van der Waals surface area contributed by atoms with Crippen LogP contribution >= 0.6 is 0 Å². The number of rotatable bonds is 5. The van der Waals surface area contributed by atoms with Crippen LogP contribution in [0.1, 0.15) is 11.4 Å². The van der Waals surface area contributed by atoms with Crippen molar-refractivity contribution in [3.63, 3.8) is 0 Å². The number of ether oxygens (including phenoxy) is 1. The predicted octanol–water partition coefficient (Wildman–Crippen LogP) is 0.620. The van der Waals surface area contributed by atoms with Gasteiger partial charge in [-0.25, -0.2) is 9.61 Å². The Hall–Kier alpha value is -2.68. The van der Waals surface area contributed by atoms with E-state index in [9.17, 15) is 0 Å². The molecule has 0 unspecified atom stereocenters. The summed E-state index contributed by atoms with van der Waals surface area (Å²) in [4.78, 5) is 4.43. The first kappa shape index (κ1) is 13.9. The van der Waals surface area contributed by atoms with Gasteiger partial charge >= 0.3 is 0 Å². The number of aromatic nitrogens is 6. The summed E-state index contributed by atoms with van der Waals surface area (Å²) in [6, 6.07) is 2.08. The summed E-state index contributed by atoms with van der Waals surface area (Å²) in [5.41, 5.74) is 2.71. The van der Waals surface area contributed by atoms with Crippen LogP contribution in [0.5, 0.6) is 5.88 Å². The van der Waals surface area contributed by atoms with Gasteiger partial charge in [-0.05, 0) is 18.1 Å². The molecule has 0 spiro atoms. The first-order valence-corrected chi connectivity index (χ1v) is 7.52. The van der Waals surface area contributed by atoms with Crippen LogP contribution in [0.2, 0.25) is 0 Å². The number of fused-ring (bicyclic) bond motifs is 1. The van der Waals surface area contributed by atoms with E-state index in [-0.39, 0.29) is 0 Å². The van der Waals surface area contributed by atoms with Crippen molar-refractivity contribution in [1.29, 1.82) is 0 Å². The molecular weight excluding hydrogens is 298 g/mol. The monoisotopic (exact) mass is 315 g/mol. The van der Waals surface area contributed by atoms with Gasteiger partial charge in [0.1, 0.15) is 18.0 Å². The molecule has 23 heavy (non-hydrogen) atoms. The zero-order valence-electron chi connectivity index (χ0n) is 12.8. The molecule has 0 aliphatic carbocycles. The van der Waals surface area contributed by atoms with Crippen LogP contribution in [0.4, 0.5) is 0 Å². The van der Waals surface area contributed by atoms with Crippen molar-refractivity contribution in [3.05, 3.63) is 29.8 Å². The van der Waals surface area contributed by atoms with Gasteiger partial charge in [-0.15, -0.1) is 0 Å².